The predicted molar refractivity (Wildman–Crippen MR) is 76.3 cm³/mol. The molecule has 1 fully saturated rings. The quantitative estimate of drug-likeness (QED) is 0.814. The number of benzene rings is 1. The van der Waals surface area contributed by atoms with Gasteiger partial charge in [0.2, 0.25) is 0 Å². The topological polar surface area (TPSA) is 40.5 Å². The third-order valence-corrected chi connectivity index (χ3v) is 3.99. The fourth-order valence-corrected chi connectivity index (χ4v) is 2.89. The minimum atomic E-state index is -0.601. The van der Waals surface area contributed by atoms with Gasteiger partial charge in [-0.25, -0.2) is 4.39 Å². The second-order valence-electron chi connectivity index (χ2n) is 5.82. The van der Waals surface area contributed by atoms with E-state index >= 15 is 0 Å². The van der Waals surface area contributed by atoms with Gasteiger partial charge in [-0.2, -0.15) is 0 Å². The number of hydrogen-bond acceptors (Lipinski definition) is 3. The number of carbonyl (C=O) groups excluding carboxylic acids is 1. The molecule has 0 unspecified atom stereocenters. The van der Waals surface area contributed by atoms with Gasteiger partial charge in [-0.05, 0) is 32.0 Å². The van der Waals surface area contributed by atoms with Crippen LogP contribution in [0.3, 0.4) is 0 Å². The number of carbonyl (C=O) groups is 1. The number of aliphatic hydroxyl groups is 1. The number of Topliss-reactive ketones (excluding diaryl/α,β-unsaturated/α-hetero) is 1. The minimum Gasteiger partial charge on any atom is -0.389 e. The van der Waals surface area contributed by atoms with E-state index in [4.69, 9.17) is 0 Å². The lowest BCUT2D eigenvalue weighted by Crippen LogP contribution is -2.39. The Bertz CT molecular complexity index is 469. The first-order chi connectivity index (χ1) is 9.50. The number of nitrogens with zero attached hydrogens (tertiary/aromatic N) is 1. The highest BCUT2D eigenvalue weighted by molar-refractivity contribution is 5.96. The van der Waals surface area contributed by atoms with Gasteiger partial charge in [-0.3, -0.25) is 4.79 Å². The largest absolute Gasteiger partial charge is 0.389 e. The summed E-state index contributed by atoms with van der Waals surface area (Å²) in [6.45, 7) is 1.12. The van der Waals surface area contributed by atoms with E-state index in [1.165, 1.54) is 12.1 Å². The van der Waals surface area contributed by atoms with E-state index in [1.54, 1.807) is 12.1 Å². The molecule has 0 heterocycles. The van der Waals surface area contributed by atoms with Gasteiger partial charge < -0.3 is 10.0 Å². The van der Waals surface area contributed by atoms with Crippen molar-refractivity contribution in [2.75, 3.05) is 20.1 Å². The smallest absolute Gasteiger partial charge is 0.167 e. The predicted octanol–water partition coefficient (Wildman–Crippen LogP) is 2.64. The maximum Gasteiger partial charge on any atom is 0.167 e. The second kappa shape index (κ2) is 6.46. The third-order valence-electron chi connectivity index (χ3n) is 3.99. The van der Waals surface area contributed by atoms with Gasteiger partial charge in [0.15, 0.2) is 5.78 Å². The Morgan fingerprint density at radius 1 is 1.35 bits per heavy atom. The van der Waals surface area contributed by atoms with E-state index in [0.29, 0.717) is 13.1 Å². The van der Waals surface area contributed by atoms with Crippen LogP contribution in [0.2, 0.25) is 0 Å². The summed E-state index contributed by atoms with van der Waals surface area (Å²) in [6.07, 6.45) is 4.07. The van der Waals surface area contributed by atoms with Gasteiger partial charge >= 0.3 is 0 Å². The lowest BCUT2D eigenvalue weighted by molar-refractivity contribution is 0.0162. The van der Waals surface area contributed by atoms with E-state index in [9.17, 15) is 14.3 Å². The number of likely N-dealkylation sites (N-methyl/N-ethyl adjacent to an activating group) is 1. The molecule has 1 aromatic rings. The molecular weight excluding hydrogens is 257 g/mol. The summed E-state index contributed by atoms with van der Waals surface area (Å²) in [5, 5.41) is 10.3. The Hall–Kier alpha value is -1.26. The van der Waals surface area contributed by atoms with E-state index in [1.807, 2.05) is 11.9 Å². The molecule has 0 atom stereocenters. The fourth-order valence-electron chi connectivity index (χ4n) is 2.89. The molecule has 110 valence electrons. The van der Waals surface area contributed by atoms with E-state index in [-0.39, 0.29) is 17.8 Å². The monoisotopic (exact) mass is 279 g/mol. The number of ketones is 1. The molecule has 1 aromatic carbocycles. The Balaban J connectivity index is 1.83. The Labute approximate surface area is 119 Å². The maximum atomic E-state index is 13.5. The van der Waals surface area contributed by atoms with Gasteiger partial charge in [-0.15, -0.1) is 0 Å². The number of halogens is 1. The number of hydrogen-bond donors (Lipinski definition) is 1. The molecule has 20 heavy (non-hydrogen) atoms. The molecule has 0 saturated heterocycles. The molecule has 1 aliphatic carbocycles. The van der Waals surface area contributed by atoms with Crippen LogP contribution >= 0.6 is 0 Å². The molecule has 3 nitrogen and oxygen atoms in total. The molecule has 0 aromatic heterocycles. The minimum absolute atomic E-state index is 0.153. The molecule has 0 bridgehead atoms. The van der Waals surface area contributed by atoms with Crippen molar-refractivity contribution in [2.45, 2.75) is 37.7 Å². The molecule has 1 N–H and O–H groups in total. The van der Waals surface area contributed by atoms with Crippen molar-refractivity contribution in [1.82, 2.24) is 4.90 Å². The van der Waals surface area contributed by atoms with Crippen molar-refractivity contribution in [3.05, 3.63) is 35.6 Å². The third kappa shape index (κ3) is 3.87. The molecule has 1 aliphatic rings. The lowest BCUT2D eigenvalue weighted by Gasteiger charge is -2.28. The summed E-state index contributed by atoms with van der Waals surface area (Å²) < 4.78 is 13.5. The average molecular weight is 279 g/mol. The lowest BCUT2D eigenvalue weighted by atomic mass is 10.0. The summed E-state index contributed by atoms with van der Waals surface area (Å²) in [5.74, 6) is -0.650. The Morgan fingerprint density at radius 2 is 2.00 bits per heavy atom. The zero-order valence-electron chi connectivity index (χ0n) is 11.9. The van der Waals surface area contributed by atoms with Crippen LogP contribution in [0, 0.1) is 5.82 Å². The fraction of sp³-hybridized carbons (Fsp3) is 0.562. The molecule has 4 heteroatoms. The highest BCUT2D eigenvalue weighted by atomic mass is 19.1. The summed E-state index contributed by atoms with van der Waals surface area (Å²) in [4.78, 5) is 13.9. The Kier molecular flexibility index (Phi) is 4.89. The molecular formula is C16H22FNO2. The van der Waals surface area contributed by atoms with Crippen LogP contribution in [-0.4, -0.2) is 41.5 Å². The first kappa shape index (κ1) is 15.1. The van der Waals surface area contributed by atoms with E-state index in [0.717, 1.165) is 25.7 Å². The SMILES string of the molecule is CN(CCC(=O)c1ccccc1F)CC1(O)CCCC1. The average Bonchev–Trinajstić information content (AvgIpc) is 2.83. The summed E-state index contributed by atoms with van der Waals surface area (Å²) >= 11 is 0. The molecule has 0 spiro atoms. The summed E-state index contributed by atoms with van der Waals surface area (Å²) in [5.41, 5.74) is -0.448. The zero-order valence-corrected chi connectivity index (χ0v) is 11.9. The molecule has 0 amide bonds. The van der Waals surface area contributed by atoms with Gasteiger partial charge in [0, 0.05) is 19.5 Å². The van der Waals surface area contributed by atoms with Crippen molar-refractivity contribution in [1.29, 1.82) is 0 Å². The van der Waals surface area contributed by atoms with Gasteiger partial charge in [0.1, 0.15) is 5.82 Å². The highest BCUT2D eigenvalue weighted by Gasteiger charge is 2.32. The molecule has 0 radical (unpaired) electrons. The zero-order chi connectivity index (χ0) is 14.6. The highest BCUT2D eigenvalue weighted by Crippen LogP contribution is 2.29. The van der Waals surface area contributed by atoms with E-state index in [2.05, 4.69) is 0 Å². The normalized spacial score (nSPS) is 17.6. The summed E-state index contributed by atoms with van der Waals surface area (Å²) in [7, 11) is 1.89. The first-order valence-corrected chi connectivity index (χ1v) is 7.19. The standard InChI is InChI=1S/C16H22FNO2/c1-18(12-16(20)9-4-5-10-16)11-8-15(19)13-6-2-3-7-14(13)17/h2-3,6-7,20H,4-5,8-12H2,1H3. The van der Waals surface area contributed by atoms with Crippen molar-refractivity contribution < 1.29 is 14.3 Å². The van der Waals surface area contributed by atoms with Crippen molar-refractivity contribution in [3.63, 3.8) is 0 Å². The van der Waals surface area contributed by atoms with Crippen LogP contribution in [0.15, 0.2) is 24.3 Å². The number of rotatable bonds is 6. The van der Waals surface area contributed by atoms with Gasteiger partial charge in [0.05, 0.1) is 11.2 Å². The van der Waals surface area contributed by atoms with E-state index < -0.39 is 11.4 Å². The second-order valence-corrected chi connectivity index (χ2v) is 5.82. The Morgan fingerprint density at radius 3 is 2.65 bits per heavy atom. The van der Waals surface area contributed by atoms with Crippen LogP contribution in [0.4, 0.5) is 4.39 Å². The summed E-state index contributed by atoms with van der Waals surface area (Å²) in [6, 6.07) is 6.06. The van der Waals surface area contributed by atoms with Gasteiger partial charge in [-0.1, -0.05) is 25.0 Å². The van der Waals surface area contributed by atoms with Crippen molar-refractivity contribution in [3.8, 4) is 0 Å². The van der Waals surface area contributed by atoms with Gasteiger partial charge in [0.25, 0.3) is 0 Å². The van der Waals surface area contributed by atoms with Crippen LogP contribution in [0.25, 0.3) is 0 Å². The van der Waals surface area contributed by atoms with Crippen molar-refractivity contribution >= 4 is 5.78 Å². The van der Waals surface area contributed by atoms with Crippen LogP contribution in [0.1, 0.15) is 42.5 Å². The molecule has 0 aliphatic heterocycles. The van der Waals surface area contributed by atoms with Crippen LogP contribution < -0.4 is 0 Å². The van der Waals surface area contributed by atoms with Crippen LogP contribution in [0.5, 0.6) is 0 Å². The molecule has 2 rings (SSSR count). The molecule has 1 saturated carbocycles. The first-order valence-electron chi connectivity index (χ1n) is 7.19. The van der Waals surface area contributed by atoms with Crippen molar-refractivity contribution in [2.24, 2.45) is 0 Å². The maximum absolute atomic E-state index is 13.5. The van der Waals surface area contributed by atoms with Crippen LogP contribution in [-0.2, 0) is 0 Å².